The van der Waals surface area contributed by atoms with Gasteiger partial charge in [-0.3, -0.25) is 4.90 Å². The average Bonchev–Trinajstić information content (AvgIpc) is 2.93. The van der Waals surface area contributed by atoms with Crippen LogP contribution < -0.4 is 0 Å². The lowest BCUT2D eigenvalue weighted by Crippen LogP contribution is -2.36. The minimum Gasteiger partial charge on any atom is -0.389 e. The molecule has 0 aromatic carbocycles. The highest BCUT2D eigenvalue weighted by molar-refractivity contribution is 4.90. The molecule has 2 unspecified atom stereocenters. The quantitative estimate of drug-likeness (QED) is 0.787. The molecule has 1 spiro atoms. The van der Waals surface area contributed by atoms with Gasteiger partial charge in [0.15, 0.2) is 5.79 Å². The van der Waals surface area contributed by atoms with Crippen LogP contribution in [0.15, 0.2) is 0 Å². The second-order valence-electron chi connectivity index (χ2n) is 6.15. The first-order valence-corrected chi connectivity index (χ1v) is 6.84. The molecule has 2 heterocycles. The van der Waals surface area contributed by atoms with E-state index in [-0.39, 0.29) is 11.9 Å². The molecule has 4 nitrogen and oxygen atoms in total. The minimum absolute atomic E-state index is 0.196. The summed E-state index contributed by atoms with van der Waals surface area (Å²) < 4.78 is 12.0. The molecular formula is C13H23NO3. The smallest absolute Gasteiger partial charge is 0.168 e. The van der Waals surface area contributed by atoms with Crippen LogP contribution in [0.3, 0.4) is 0 Å². The van der Waals surface area contributed by atoms with E-state index in [4.69, 9.17) is 9.47 Å². The second kappa shape index (κ2) is 4.19. The number of β-amino-alcohol motifs (C(OH)–C–C–N with tert-alkyl or cyclic N) is 1. The summed E-state index contributed by atoms with van der Waals surface area (Å²) >= 11 is 0. The van der Waals surface area contributed by atoms with Gasteiger partial charge in [-0.15, -0.1) is 0 Å². The number of rotatable bonds is 2. The fourth-order valence-corrected chi connectivity index (χ4v) is 3.37. The van der Waals surface area contributed by atoms with Gasteiger partial charge in [0.05, 0.1) is 18.3 Å². The predicted molar refractivity (Wildman–Crippen MR) is 63.7 cm³/mol. The number of likely N-dealkylation sites (tertiary alicyclic amines) is 1. The Morgan fingerprint density at radius 3 is 2.71 bits per heavy atom. The van der Waals surface area contributed by atoms with Crippen molar-refractivity contribution in [2.75, 3.05) is 26.2 Å². The summed E-state index contributed by atoms with van der Waals surface area (Å²) in [5.74, 6) is -0.243. The van der Waals surface area contributed by atoms with Gasteiger partial charge in [-0.05, 0) is 26.2 Å². The van der Waals surface area contributed by atoms with Gasteiger partial charge in [0, 0.05) is 32.5 Å². The molecule has 0 radical (unpaired) electrons. The molecule has 2 saturated heterocycles. The molecule has 1 N–H and O–H groups in total. The van der Waals surface area contributed by atoms with Crippen LogP contribution in [0.25, 0.3) is 0 Å². The van der Waals surface area contributed by atoms with Crippen molar-refractivity contribution in [3.63, 3.8) is 0 Å². The normalized spacial score (nSPS) is 41.6. The molecule has 3 rings (SSSR count). The monoisotopic (exact) mass is 241 g/mol. The van der Waals surface area contributed by atoms with Crippen molar-refractivity contribution in [3.05, 3.63) is 0 Å². The first-order chi connectivity index (χ1) is 8.07. The molecule has 4 heteroatoms. The van der Waals surface area contributed by atoms with Crippen molar-refractivity contribution >= 4 is 0 Å². The van der Waals surface area contributed by atoms with E-state index in [0.717, 1.165) is 45.5 Å². The fraction of sp³-hybridized carbons (Fsp3) is 1.00. The first-order valence-electron chi connectivity index (χ1n) is 6.84. The molecule has 98 valence electrons. The van der Waals surface area contributed by atoms with Crippen LogP contribution in [-0.4, -0.2) is 53.7 Å². The molecule has 17 heavy (non-hydrogen) atoms. The van der Waals surface area contributed by atoms with Crippen molar-refractivity contribution < 1.29 is 14.6 Å². The van der Waals surface area contributed by atoms with Crippen LogP contribution in [0.2, 0.25) is 0 Å². The highest BCUT2D eigenvalue weighted by Gasteiger charge is 2.44. The molecule has 0 bridgehead atoms. The number of nitrogens with zero attached hydrogens (tertiary/aromatic N) is 1. The zero-order valence-electron chi connectivity index (χ0n) is 10.7. The zero-order chi connectivity index (χ0) is 11.9. The number of hydrogen-bond acceptors (Lipinski definition) is 4. The van der Waals surface area contributed by atoms with Crippen LogP contribution >= 0.6 is 0 Å². The van der Waals surface area contributed by atoms with E-state index in [2.05, 4.69) is 4.90 Å². The molecule has 2 atom stereocenters. The van der Waals surface area contributed by atoms with E-state index in [0.29, 0.717) is 0 Å². The van der Waals surface area contributed by atoms with Crippen LogP contribution in [0.1, 0.15) is 39.0 Å². The summed E-state index contributed by atoms with van der Waals surface area (Å²) in [7, 11) is 0. The first kappa shape index (κ1) is 11.9. The molecule has 0 aromatic heterocycles. The van der Waals surface area contributed by atoms with Crippen LogP contribution in [0.5, 0.6) is 0 Å². The number of ether oxygens (including phenoxy) is 2. The SMILES string of the molecule is CC1(O)CCN(CC2COC3(CCCC3)O2)C1. The van der Waals surface area contributed by atoms with Gasteiger partial charge in [-0.2, -0.15) is 0 Å². The zero-order valence-corrected chi connectivity index (χ0v) is 10.7. The lowest BCUT2D eigenvalue weighted by Gasteiger charge is -2.24. The van der Waals surface area contributed by atoms with E-state index in [1.54, 1.807) is 0 Å². The van der Waals surface area contributed by atoms with Crippen molar-refractivity contribution in [2.24, 2.45) is 0 Å². The lowest BCUT2D eigenvalue weighted by molar-refractivity contribution is -0.163. The maximum atomic E-state index is 9.93. The summed E-state index contributed by atoms with van der Waals surface area (Å²) in [4.78, 5) is 2.29. The topological polar surface area (TPSA) is 41.9 Å². The molecule has 2 aliphatic heterocycles. The fourth-order valence-electron chi connectivity index (χ4n) is 3.37. The Balaban J connectivity index is 1.51. The van der Waals surface area contributed by atoms with Crippen molar-refractivity contribution in [1.82, 2.24) is 4.90 Å². The minimum atomic E-state index is -0.509. The summed E-state index contributed by atoms with van der Waals surface area (Å²) in [5, 5.41) is 9.93. The van der Waals surface area contributed by atoms with E-state index in [1.165, 1.54) is 12.8 Å². The Labute approximate surface area is 103 Å². The second-order valence-corrected chi connectivity index (χ2v) is 6.15. The third-order valence-corrected chi connectivity index (χ3v) is 4.27. The summed E-state index contributed by atoms with van der Waals surface area (Å²) in [6.45, 7) is 5.27. The van der Waals surface area contributed by atoms with Gasteiger partial charge < -0.3 is 14.6 Å². The van der Waals surface area contributed by atoms with Gasteiger partial charge >= 0.3 is 0 Å². The number of hydrogen-bond donors (Lipinski definition) is 1. The Bertz CT molecular complexity index is 286. The van der Waals surface area contributed by atoms with E-state index < -0.39 is 5.60 Å². The Hall–Kier alpha value is -0.160. The molecule has 3 fully saturated rings. The summed E-state index contributed by atoms with van der Waals surface area (Å²) in [6.07, 6.45) is 5.63. The highest BCUT2D eigenvalue weighted by atomic mass is 16.7. The van der Waals surface area contributed by atoms with Gasteiger partial charge in [-0.1, -0.05) is 0 Å². The predicted octanol–water partition coefficient (Wildman–Crippen LogP) is 1.13. The largest absolute Gasteiger partial charge is 0.389 e. The maximum Gasteiger partial charge on any atom is 0.168 e. The summed E-state index contributed by atoms with van der Waals surface area (Å²) in [6, 6.07) is 0. The van der Waals surface area contributed by atoms with Crippen molar-refractivity contribution in [3.8, 4) is 0 Å². The average molecular weight is 241 g/mol. The molecule has 3 aliphatic rings. The van der Waals surface area contributed by atoms with E-state index >= 15 is 0 Å². The molecule has 0 amide bonds. The van der Waals surface area contributed by atoms with Crippen molar-refractivity contribution in [1.29, 1.82) is 0 Å². The molecular weight excluding hydrogens is 218 g/mol. The molecule has 1 aliphatic carbocycles. The number of aliphatic hydroxyl groups is 1. The standard InChI is InChI=1S/C13H23NO3/c1-12(15)6-7-14(10-12)8-11-9-16-13(17-11)4-2-3-5-13/h11,15H,2-10H2,1H3. The van der Waals surface area contributed by atoms with E-state index in [9.17, 15) is 5.11 Å². The maximum absolute atomic E-state index is 9.93. The van der Waals surface area contributed by atoms with Gasteiger partial charge in [0.1, 0.15) is 0 Å². The van der Waals surface area contributed by atoms with Crippen LogP contribution in [0.4, 0.5) is 0 Å². The molecule has 0 aromatic rings. The van der Waals surface area contributed by atoms with Gasteiger partial charge in [-0.25, -0.2) is 0 Å². The third-order valence-electron chi connectivity index (χ3n) is 4.27. The molecule has 1 saturated carbocycles. The highest BCUT2D eigenvalue weighted by Crippen LogP contribution is 2.39. The lowest BCUT2D eigenvalue weighted by atomic mass is 10.1. The summed E-state index contributed by atoms with van der Waals surface area (Å²) in [5.41, 5.74) is -0.509. The Kier molecular flexibility index (Phi) is 2.94. The third kappa shape index (κ3) is 2.50. The van der Waals surface area contributed by atoms with Crippen molar-refractivity contribution in [2.45, 2.75) is 56.5 Å². The van der Waals surface area contributed by atoms with E-state index in [1.807, 2.05) is 6.92 Å². The Morgan fingerprint density at radius 1 is 1.29 bits per heavy atom. The van der Waals surface area contributed by atoms with Crippen LogP contribution in [0, 0.1) is 0 Å². The van der Waals surface area contributed by atoms with Gasteiger partial charge in [0.25, 0.3) is 0 Å². The van der Waals surface area contributed by atoms with Gasteiger partial charge in [0.2, 0.25) is 0 Å². The Morgan fingerprint density at radius 2 is 2.06 bits per heavy atom. The van der Waals surface area contributed by atoms with Crippen LogP contribution in [-0.2, 0) is 9.47 Å².